The molecule has 0 spiro atoms. The van der Waals surface area contributed by atoms with Gasteiger partial charge in [-0.1, -0.05) is 23.9 Å². The van der Waals surface area contributed by atoms with E-state index in [9.17, 15) is 29.4 Å². The Morgan fingerprint density at radius 1 is 1.11 bits per heavy atom. The highest BCUT2D eigenvalue weighted by Gasteiger charge is 2.34. The van der Waals surface area contributed by atoms with E-state index < -0.39 is 32.9 Å². The van der Waals surface area contributed by atoms with E-state index in [-0.39, 0.29) is 14.9 Å². The number of halogens is 1. The second-order valence-electron chi connectivity index (χ2n) is 5.40. The van der Waals surface area contributed by atoms with Crippen LogP contribution in [0, 0.1) is 26.0 Å². The van der Waals surface area contributed by atoms with Gasteiger partial charge in [0, 0.05) is 6.07 Å². The van der Waals surface area contributed by atoms with Gasteiger partial charge < -0.3 is 0 Å². The van der Waals surface area contributed by atoms with Crippen molar-refractivity contribution in [2.24, 2.45) is 0 Å². The van der Waals surface area contributed by atoms with Crippen LogP contribution in [-0.4, -0.2) is 25.1 Å². The highest BCUT2D eigenvalue weighted by atomic mass is 32.2. The Hall–Kier alpha value is -3.38. The Balaban J connectivity index is 1.88. The number of hydrogen-bond donors (Lipinski definition) is 1. The molecule has 0 bridgehead atoms. The van der Waals surface area contributed by atoms with E-state index in [0.717, 1.165) is 35.0 Å². The number of non-ortho nitro benzene ring substituents is 1. The van der Waals surface area contributed by atoms with Gasteiger partial charge in [-0.25, -0.2) is 9.40 Å². The summed E-state index contributed by atoms with van der Waals surface area (Å²) in [6.07, 6.45) is 1.50. The number of carbonyl (C=O) groups is 1. The van der Waals surface area contributed by atoms with Gasteiger partial charge in [-0.15, -0.1) is 0 Å². The van der Waals surface area contributed by atoms with Gasteiger partial charge in [0.05, 0.1) is 20.8 Å². The molecule has 0 unspecified atom stereocenters. The van der Waals surface area contributed by atoms with Gasteiger partial charge in [0.25, 0.3) is 11.6 Å². The van der Waals surface area contributed by atoms with E-state index in [2.05, 4.69) is 5.43 Å². The first-order valence-electron chi connectivity index (χ1n) is 7.49. The molecule has 9 nitrogen and oxygen atoms in total. The molecule has 1 aliphatic heterocycles. The molecule has 0 aromatic heterocycles. The first kappa shape index (κ1) is 19.4. The van der Waals surface area contributed by atoms with Crippen LogP contribution in [0.15, 0.2) is 47.4 Å². The lowest BCUT2D eigenvalue weighted by molar-refractivity contribution is -0.393. The summed E-state index contributed by atoms with van der Waals surface area (Å²) in [6.45, 7) is 0. The Morgan fingerprint density at radius 3 is 2.39 bits per heavy atom. The fourth-order valence-corrected chi connectivity index (χ4v) is 3.45. The molecule has 0 saturated carbocycles. The SMILES string of the molecule is O=C1/C(=C\c2ccc(F)cc2)SC(=S)N1Nc1ccc([N+](=O)[O-])cc1[N+](=O)[O-]. The molecule has 1 N–H and O–H groups in total. The van der Waals surface area contributed by atoms with E-state index in [1.165, 1.54) is 30.3 Å². The van der Waals surface area contributed by atoms with Gasteiger partial charge in [0.2, 0.25) is 0 Å². The number of hydrogen-bond acceptors (Lipinski definition) is 8. The molecule has 0 radical (unpaired) electrons. The van der Waals surface area contributed by atoms with E-state index >= 15 is 0 Å². The van der Waals surface area contributed by atoms with Crippen molar-refractivity contribution in [3.8, 4) is 0 Å². The van der Waals surface area contributed by atoms with Crippen molar-refractivity contribution in [2.45, 2.75) is 0 Å². The molecular formula is C16H9FN4O5S2. The second kappa shape index (κ2) is 7.70. The number of thioether (sulfide) groups is 1. The van der Waals surface area contributed by atoms with Crippen LogP contribution in [0.3, 0.4) is 0 Å². The summed E-state index contributed by atoms with van der Waals surface area (Å²) in [6, 6.07) is 8.43. The lowest BCUT2D eigenvalue weighted by Crippen LogP contribution is -2.34. The molecule has 1 amide bonds. The molecule has 0 aliphatic carbocycles. The number of carbonyl (C=O) groups excluding carboxylic acids is 1. The van der Waals surface area contributed by atoms with Gasteiger partial charge in [-0.3, -0.25) is 30.4 Å². The van der Waals surface area contributed by atoms with Crippen LogP contribution in [0.25, 0.3) is 6.08 Å². The van der Waals surface area contributed by atoms with Crippen molar-refractivity contribution in [1.82, 2.24) is 5.01 Å². The van der Waals surface area contributed by atoms with E-state index in [1.54, 1.807) is 0 Å². The Morgan fingerprint density at radius 2 is 1.79 bits per heavy atom. The van der Waals surface area contributed by atoms with Crippen LogP contribution < -0.4 is 5.43 Å². The molecule has 12 heteroatoms. The summed E-state index contributed by atoms with van der Waals surface area (Å²) in [5, 5.41) is 23.0. The maximum atomic E-state index is 13.0. The van der Waals surface area contributed by atoms with Gasteiger partial charge in [0.15, 0.2) is 4.32 Å². The number of nitro benzene ring substituents is 2. The predicted molar refractivity (Wildman–Crippen MR) is 105 cm³/mol. The third-order valence-corrected chi connectivity index (χ3v) is 4.88. The topological polar surface area (TPSA) is 119 Å². The van der Waals surface area contributed by atoms with Crippen LogP contribution in [0.5, 0.6) is 0 Å². The van der Waals surface area contributed by atoms with Gasteiger partial charge in [-0.2, -0.15) is 0 Å². The molecule has 28 heavy (non-hydrogen) atoms. The molecule has 0 atom stereocenters. The molecule has 1 heterocycles. The number of nitrogens with one attached hydrogen (secondary N) is 1. The molecule has 1 saturated heterocycles. The molecule has 2 aromatic carbocycles. The zero-order valence-electron chi connectivity index (χ0n) is 13.7. The monoisotopic (exact) mass is 420 g/mol. The Kier molecular flexibility index (Phi) is 5.33. The van der Waals surface area contributed by atoms with Crippen LogP contribution in [0.2, 0.25) is 0 Å². The molecular weight excluding hydrogens is 411 g/mol. The third-order valence-electron chi connectivity index (χ3n) is 3.58. The van der Waals surface area contributed by atoms with Crippen LogP contribution in [0.4, 0.5) is 21.5 Å². The number of rotatable bonds is 5. The average Bonchev–Trinajstić information content (AvgIpc) is 2.91. The molecule has 1 aliphatic rings. The number of anilines is 1. The summed E-state index contributed by atoms with van der Waals surface area (Å²) < 4.78 is 13.1. The number of nitro groups is 2. The average molecular weight is 420 g/mol. The van der Waals surface area contributed by atoms with E-state index in [0.29, 0.717) is 5.56 Å². The maximum absolute atomic E-state index is 13.0. The first-order chi connectivity index (χ1) is 13.3. The molecule has 142 valence electrons. The summed E-state index contributed by atoms with van der Waals surface area (Å²) in [7, 11) is 0. The predicted octanol–water partition coefficient (Wildman–Crippen LogP) is 3.87. The van der Waals surface area contributed by atoms with Gasteiger partial charge in [-0.05, 0) is 42.1 Å². The largest absolute Gasteiger partial charge is 0.300 e. The fourth-order valence-electron chi connectivity index (χ4n) is 2.27. The van der Waals surface area contributed by atoms with Crippen LogP contribution in [0.1, 0.15) is 5.56 Å². The van der Waals surface area contributed by atoms with Crippen LogP contribution >= 0.6 is 24.0 Å². The number of benzene rings is 2. The summed E-state index contributed by atoms with van der Waals surface area (Å²) in [4.78, 5) is 33.3. The lowest BCUT2D eigenvalue weighted by atomic mass is 10.2. The fraction of sp³-hybridized carbons (Fsp3) is 0. The maximum Gasteiger partial charge on any atom is 0.300 e. The zero-order chi connectivity index (χ0) is 20.4. The lowest BCUT2D eigenvalue weighted by Gasteiger charge is -2.16. The Labute approximate surface area is 166 Å². The van der Waals surface area contributed by atoms with Gasteiger partial charge >= 0.3 is 5.69 Å². The zero-order valence-corrected chi connectivity index (χ0v) is 15.3. The molecule has 1 fully saturated rings. The second-order valence-corrected chi connectivity index (χ2v) is 7.07. The third kappa shape index (κ3) is 3.97. The molecule has 3 rings (SSSR count). The molecule has 2 aromatic rings. The van der Waals surface area contributed by atoms with Crippen molar-refractivity contribution in [2.75, 3.05) is 5.43 Å². The van der Waals surface area contributed by atoms with Crippen molar-refractivity contribution >= 4 is 57.3 Å². The van der Waals surface area contributed by atoms with E-state index in [4.69, 9.17) is 12.2 Å². The normalized spacial score (nSPS) is 15.2. The van der Waals surface area contributed by atoms with Crippen LogP contribution in [-0.2, 0) is 4.79 Å². The summed E-state index contributed by atoms with van der Waals surface area (Å²) in [5.74, 6) is -0.983. The van der Waals surface area contributed by atoms with Crippen molar-refractivity contribution in [3.05, 3.63) is 79.0 Å². The highest BCUT2D eigenvalue weighted by molar-refractivity contribution is 8.26. The minimum Gasteiger partial charge on any atom is -0.283 e. The number of thiocarbonyl (C=S) groups is 1. The number of amides is 1. The smallest absolute Gasteiger partial charge is 0.283 e. The van der Waals surface area contributed by atoms with E-state index in [1.807, 2.05) is 0 Å². The quantitative estimate of drug-likeness (QED) is 0.335. The Bertz CT molecular complexity index is 1040. The van der Waals surface area contributed by atoms with Gasteiger partial charge in [0.1, 0.15) is 11.5 Å². The summed E-state index contributed by atoms with van der Waals surface area (Å²) in [5.41, 5.74) is 1.94. The minimum atomic E-state index is -0.804. The van der Waals surface area contributed by atoms with Crippen molar-refractivity contribution in [1.29, 1.82) is 0 Å². The summed E-state index contributed by atoms with van der Waals surface area (Å²) >= 11 is 6.09. The number of hydrazine groups is 1. The first-order valence-corrected chi connectivity index (χ1v) is 8.72. The van der Waals surface area contributed by atoms with Crippen molar-refractivity contribution in [3.63, 3.8) is 0 Å². The standard InChI is InChI=1S/C16H9FN4O5S2/c17-10-3-1-9(2-4-10)7-14-15(22)19(16(27)28-14)18-12-6-5-11(20(23)24)8-13(12)21(25)26/h1-8,18H/b14-7+. The highest BCUT2D eigenvalue weighted by Crippen LogP contribution is 2.35. The van der Waals surface area contributed by atoms with Crippen molar-refractivity contribution < 1.29 is 19.0 Å². The number of nitrogens with zero attached hydrogens (tertiary/aromatic N) is 3. The minimum absolute atomic E-state index is 0.0889.